The zero-order valence-electron chi connectivity index (χ0n) is 7.95. The number of carboxylic acids is 1. The number of hydrogen-bond acceptors (Lipinski definition) is 3. The maximum absolute atomic E-state index is 10.4. The van der Waals surface area contributed by atoms with Crippen molar-refractivity contribution in [2.45, 2.75) is 38.3 Å². The average molecular weight is 187 g/mol. The second-order valence-electron chi connectivity index (χ2n) is 3.58. The third-order valence-corrected chi connectivity index (χ3v) is 2.16. The third kappa shape index (κ3) is 4.24. The molecular weight excluding hydrogens is 170 g/mol. The van der Waals surface area contributed by atoms with Crippen LogP contribution in [-0.2, 0) is 9.53 Å². The van der Waals surface area contributed by atoms with E-state index in [0.717, 1.165) is 19.4 Å². The smallest absolute Gasteiger partial charge is 0.304 e. The number of carboxylic acid groups (broad SMARTS) is 1. The van der Waals surface area contributed by atoms with Crippen molar-refractivity contribution in [3.8, 4) is 0 Å². The number of carbonyl (C=O) groups is 1. The van der Waals surface area contributed by atoms with Crippen LogP contribution < -0.4 is 5.32 Å². The van der Waals surface area contributed by atoms with E-state index in [1.54, 1.807) is 0 Å². The fourth-order valence-electron chi connectivity index (χ4n) is 1.60. The first kappa shape index (κ1) is 10.5. The molecule has 1 aliphatic heterocycles. The Morgan fingerprint density at radius 2 is 2.54 bits per heavy atom. The quantitative estimate of drug-likeness (QED) is 0.677. The molecule has 2 unspecified atom stereocenters. The standard InChI is InChI=1S/C9H17NO3/c1-7(5-9(11)12)10-8-3-2-4-13-6-8/h7-8,10H,2-6H2,1H3,(H,11,12). The molecule has 0 aromatic rings. The Hall–Kier alpha value is -0.610. The van der Waals surface area contributed by atoms with Gasteiger partial charge in [-0.15, -0.1) is 0 Å². The SMILES string of the molecule is CC(CC(=O)O)NC1CCCOC1. The molecule has 0 radical (unpaired) electrons. The number of nitrogens with one attached hydrogen (secondary N) is 1. The normalized spacial score (nSPS) is 25.5. The van der Waals surface area contributed by atoms with Gasteiger partial charge in [0.2, 0.25) is 0 Å². The molecule has 0 aliphatic carbocycles. The summed E-state index contributed by atoms with van der Waals surface area (Å²) in [5.41, 5.74) is 0. The maximum Gasteiger partial charge on any atom is 0.304 e. The van der Waals surface area contributed by atoms with Crippen LogP contribution in [0.4, 0.5) is 0 Å². The first-order valence-corrected chi connectivity index (χ1v) is 4.74. The zero-order chi connectivity index (χ0) is 9.68. The van der Waals surface area contributed by atoms with Gasteiger partial charge in [-0.2, -0.15) is 0 Å². The Bertz CT molecular complexity index is 166. The molecule has 13 heavy (non-hydrogen) atoms. The van der Waals surface area contributed by atoms with Gasteiger partial charge in [-0.3, -0.25) is 4.79 Å². The lowest BCUT2D eigenvalue weighted by molar-refractivity contribution is -0.137. The van der Waals surface area contributed by atoms with Crippen molar-refractivity contribution in [3.63, 3.8) is 0 Å². The lowest BCUT2D eigenvalue weighted by atomic mass is 10.1. The lowest BCUT2D eigenvalue weighted by Gasteiger charge is -2.26. The Balaban J connectivity index is 2.18. The fraction of sp³-hybridized carbons (Fsp3) is 0.889. The van der Waals surface area contributed by atoms with Crippen LogP contribution in [-0.4, -0.2) is 36.4 Å². The molecule has 4 heteroatoms. The maximum atomic E-state index is 10.4. The highest BCUT2D eigenvalue weighted by Crippen LogP contribution is 2.07. The van der Waals surface area contributed by atoms with Gasteiger partial charge in [-0.05, 0) is 19.8 Å². The van der Waals surface area contributed by atoms with Crippen molar-refractivity contribution < 1.29 is 14.6 Å². The van der Waals surface area contributed by atoms with Gasteiger partial charge in [0.25, 0.3) is 0 Å². The molecule has 1 aliphatic rings. The molecule has 1 saturated heterocycles. The van der Waals surface area contributed by atoms with Crippen LogP contribution in [0.1, 0.15) is 26.2 Å². The van der Waals surface area contributed by atoms with E-state index in [4.69, 9.17) is 9.84 Å². The summed E-state index contributed by atoms with van der Waals surface area (Å²) >= 11 is 0. The van der Waals surface area contributed by atoms with Crippen molar-refractivity contribution in [3.05, 3.63) is 0 Å². The fourth-order valence-corrected chi connectivity index (χ4v) is 1.60. The predicted molar refractivity (Wildman–Crippen MR) is 48.7 cm³/mol. The minimum atomic E-state index is -0.753. The molecule has 0 spiro atoms. The Kier molecular flexibility index (Phi) is 4.18. The minimum Gasteiger partial charge on any atom is -0.481 e. The molecule has 0 aromatic carbocycles. The summed E-state index contributed by atoms with van der Waals surface area (Å²) in [5, 5.41) is 11.8. The molecule has 0 aromatic heterocycles. The Morgan fingerprint density at radius 1 is 1.77 bits per heavy atom. The Morgan fingerprint density at radius 3 is 3.08 bits per heavy atom. The van der Waals surface area contributed by atoms with Gasteiger partial charge in [0.1, 0.15) is 0 Å². The van der Waals surface area contributed by atoms with Gasteiger partial charge in [0.05, 0.1) is 13.0 Å². The molecule has 1 heterocycles. The summed E-state index contributed by atoms with van der Waals surface area (Å²) in [4.78, 5) is 10.4. The highest BCUT2D eigenvalue weighted by atomic mass is 16.5. The first-order valence-electron chi connectivity index (χ1n) is 4.74. The molecule has 2 N–H and O–H groups in total. The van der Waals surface area contributed by atoms with Crippen LogP contribution in [0.15, 0.2) is 0 Å². The summed E-state index contributed by atoms with van der Waals surface area (Å²) in [6, 6.07) is 0.368. The van der Waals surface area contributed by atoms with E-state index in [1.165, 1.54) is 0 Å². The number of ether oxygens (including phenoxy) is 1. The van der Waals surface area contributed by atoms with Crippen LogP contribution in [0, 0.1) is 0 Å². The molecule has 2 atom stereocenters. The van der Waals surface area contributed by atoms with Crippen molar-refractivity contribution in [2.24, 2.45) is 0 Å². The van der Waals surface area contributed by atoms with E-state index >= 15 is 0 Å². The summed E-state index contributed by atoms with van der Waals surface area (Å²) < 4.78 is 5.28. The monoisotopic (exact) mass is 187 g/mol. The van der Waals surface area contributed by atoms with Crippen LogP contribution in [0.3, 0.4) is 0 Å². The largest absolute Gasteiger partial charge is 0.481 e. The van der Waals surface area contributed by atoms with Gasteiger partial charge in [-0.25, -0.2) is 0 Å². The highest BCUT2D eigenvalue weighted by molar-refractivity contribution is 5.67. The number of hydrogen-bond donors (Lipinski definition) is 2. The number of rotatable bonds is 4. The molecular formula is C9H17NO3. The molecule has 1 rings (SSSR count). The second-order valence-corrected chi connectivity index (χ2v) is 3.58. The van der Waals surface area contributed by atoms with E-state index in [9.17, 15) is 4.79 Å². The van der Waals surface area contributed by atoms with Crippen LogP contribution >= 0.6 is 0 Å². The van der Waals surface area contributed by atoms with E-state index in [0.29, 0.717) is 12.6 Å². The van der Waals surface area contributed by atoms with Gasteiger partial charge < -0.3 is 15.2 Å². The zero-order valence-corrected chi connectivity index (χ0v) is 7.95. The van der Waals surface area contributed by atoms with Crippen LogP contribution in [0.2, 0.25) is 0 Å². The van der Waals surface area contributed by atoms with Gasteiger partial charge in [-0.1, -0.05) is 0 Å². The van der Waals surface area contributed by atoms with Crippen molar-refractivity contribution in [1.82, 2.24) is 5.32 Å². The second kappa shape index (κ2) is 5.19. The average Bonchev–Trinajstić information content (AvgIpc) is 2.04. The van der Waals surface area contributed by atoms with Crippen molar-refractivity contribution >= 4 is 5.97 Å². The topological polar surface area (TPSA) is 58.6 Å². The highest BCUT2D eigenvalue weighted by Gasteiger charge is 2.16. The molecule has 4 nitrogen and oxygen atoms in total. The van der Waals surface area contributed by atoms with Crippen LogP contribution in [0.5, 0.6) is 0 Å². The van der Waals surface area contributed by atoms with Gasteiger partial charge in [0.15, 0.2) is 0 Å². The lowest BCUT2D eigenvalue weighted by Crippen LogP contribution is -2.42. The number of aliphatic carboxylic acids is 1. The minimum absolute atomic E-state index is 0.0317. The van der Waals surface area contributed by atoms with E-state index < -0.39 is 5.97 Å². The van der Waals surface area contributed by atoms with E-state index in [-0.39, 0.29) is 12.5 Å². The van der Waals surface area contributed by atoms with E-state index in [1.807, 2.05) is 6.92 Å². The third-order valence-electron chi connectivity index (χ3n) is 2.16. The summed E-state index contributed by atoms with van der Waals surface area (Å²) in [6.45, 7) is 3.44. The molecule has 0 saturated carbocycles. The summed E-state index contributed by atoms with van der Waals surface area (Å²) in [5.74, 6) is -0.753. The van der Waals surface area contributed by atoms with Crippen molar-refractivity contribution in [2.75, 3.05) is 13.2 Å². The summed E-state index contributed by atoms with van der Waals surface area (Å²) in [7, 11) is 0. The Labute approximate surface area is 78.3 Å². The molecule has 0 bridgehead atoms. The molecule has 76 valence electrons. The van der Waals surface area contributed by atoms with Gasteiger partial charge in [0, 0.05) is 18.7 Å². The predicted octanol–water partition coefficient (Wildman–Crippen LogP) is 0.618. The van der Waals surface area contributed by atoms with Crippen molar-refractivity contribution in [1.29, 1.82) is 0 Å². The van der Waals surface area contributed by atoms with Gasteiger partial charge >= 0.3 is 5.97 Å². The van der Waals surface area contributed by atoms with E-state index in [2.05, 4.69) is 5.32 Å². The first-order chi connectivity index (χ1) is 6.18. The molecule has 1 fully saturated rings. The van der Waals surface area contributed by atoms with Crippen LogP contribution in [0.25, 0.3) is 0 Å². The molecule has 0 amide bonds. The summed E-state index contributed by atoms with van der Waals surface area (Å²) in [6.07, 6.45) is 2.33.